The highest BCUT2D eigenvalue weighted by Crippen LogP contribution is 2.20. The van der Waals surface area contributed by atoms with E-state index in [0.717, 1.165) is 22.2 Å². The Labute approximate surface area is 145 Å². The van der Waals surface area contributed by atoms with Crippen molar-refractivity contribution in [2.75, 3.05) is 0 Å². The Kier molecular flexibility index (Phi) is 3.31. The molecule has 0 bridgehead atoms. The van der Waals surface area contributed by atoms with Crippen LogP contribution in [0.2, 0.25) is 0 Å². The molecule has 8 nitrogen and oxygen atoms in total. The maximum atomic E-state index is 4.75. The molecule has 0 aliphatic rings. The number of rotatable bonds is 2. The molecule has 0 atom stereocenters. The van der Waals surface area contributed by atoms with E-state index >= 15 is 0 Å². The minimum Gasteiger partial charge on any atom is -0.242 e. The van der Waals surface area contributed by atoms with Gasteiger partial charge in [-0.25, -0.2) is 4.68 Å². The van der Waals surface area contributed by atoms with Crippen LogP contribution in [0, 0.1) is 0 Å². The van der Waals surface area contributed by atoms with E-state index in [-0.39, 0.29) is 11.6 Å². The summed E-state index contributed by atoms with van der Waals surface area (Å²) in [6.07, 6.45) is 3.50. The van der Waals surface area contributed by atoms with E-state index in [1.165, 1.54) is 0 Å². The minimum atomic E-state index is -0.169. The summed E-state index contributed by atoms with van der Waals surface area (Å²) < 4.78 is 5.63. The van der Waals surface area contributed by atoms with Crippen LogP contribution in [-0.2, 0) is 5.54 Å². The summed E-state index contributed by atoms with van der Waals surface area (Å²) in [4.78, 5) is 9.05. The van der Waals surface area contributed by atoms with Gasteiger partial charge in [-0.05, 0) is 46.8 Å². The van der Waals surface area contributed by atoms with Crippen LogP contribution < -0.4 is 4.68 Å². The molecule has 0 fully saturated rings. The standard InChI is InChI=1S/C17H21N8/c1-11(2)23-14-9-15(19-10-12(14)20-21-23)24-16-13(7-6-8-18-16)25(22-24)17(3,4)5/h6-11H,1-5H3/q+1. The molecule has 4 rings (SSSR count). The molecule has 0 amide bonds. The molecule has 4 aromatic heterocycles. The normalized spacial score (nSPS) is 12.6. The highest BCUT2D eigenvalue weighted by molar-refractivity contribution is 5.74. The van der Waals surface area contributed by atoms with E-state index in [1.807, 2.05) is 27.6 Å². The summed E-state index contributed by atoms with van der Waals surface area (Å²) in [5.41, 5.74) is 3.27. The van der Waals surface area contributed by atoms with Gasteiger partial charge >= 0.3 is 0 Å². The Bertz CT molecular complexity index is 1070. The molecule has 0 saturated heterocycles. The lowest BCUT2D eigenvalue weighted by atomic mass is 10.1. The first kappa shape index (κ1) is 15.6. The molecule has 0 aliphatic heterocycles. The second-order valence-corrected chi connectivity index (χ2v) is 7.39. The van der Waals surface area contributed by atoms with Crippen LogP contribution >= 0.6 is 0 Å². The average molecular weight is 337 g/mol. The molecule has 0 N–H and O–H groups in total. The number of nitrogens with zero attached hydrogens (tertiary/aromatic N) is 8. The largest absolute Gasteiger partial charge is 0.293 e. The fourth-order valence-corrected chi connectivity index (χ4v) is 2.88. The van der Waals surface area contributed by atoms with Crippen molar-refractivity contribution in [3.8, 4) is 5.82 Å². The second kappa shape index (κ2) is 5.30. The Hall–Kier alpha value is -2.90. The molecule has 0 unspecified atom stereocenters. The van der Waals surface area contributed by atoms with Crippen molar-refractivity contribution >= 4 is 22.2 Å². The first-order valence-electron chi connectivity index (χ1n) is 8.34. The number of aromatic nitrogens is 8. The van der Waals surface area contributed by atoms with Gasteiger partial charge < -0.3 is 0 Å². The summed E-state index contributed by atoms with van der Waals surface area (Å²) in [7, 11) is 0. The van der Waals surface area contributed by atoms with Crippen LogP contribution in [0.1, 0.15) is 40.7 Å². The van der Waals surface area contributed by atoms with Gasteiger partial charge in [0.25, 0.3) is 11.5 Å². The van der Waals surface area contributed by atoms with Crippen molar-refractivity contribution in [1.29, 1.82) is 0 Å². The van der Waals surface area contributed by atoms with Crippen LogP contribution in [0.15, 0.2) is 30.6 Å². The summed E-state index contributed by atoms with van der Waals surface area (Å²) in [5, 5.41) is 13.1. The lowest BCUT2D eigenvalue weighted by Gasteiger charge is -2.15. The van der Waals surface area contributed by atoms with E-state index in [1.54, 1.807) is 17.1 Å². The Morgan fingerprint density at radius 1 is 1.12 bits per heavy atom. The molecule has 0 spiro atoms. The minimum absolute atomic E-state index is 0.169. The molecule has 0 aliphatic carbocycles. The van der Waals surface area contributed by atoms with Crippen molar-refractivity contribution < 1.29 is 4.68 Å². The first-order valence-corrected chi connectivity index (χ1v) is 8.34. The molecule has 4 aromatic rings. The van der Waals surface area contributed by atoms with Crippen molar-refractivity contribution in [1.82, 2.24) is 34.9 Å². The van der Waals surface area contributed by atoms with E-state index in [2.05, 4.69) is 54.9 Å². The van der Waals surface area contributed by atoms with Crippen LogP contribution in [-0.4, -0.2) is 34.9 Å². The second-order valence-electron chi connectivity index (χ2n) is 7.39. The Morgan fingerprint density at radius 3 is 2.64 bits per heavy atom. The van der Waals surface area contributed by atoms with Gasteiger partial charge in [0.2, 0.25) is 0 Å². The molecular weight excluding hydrogens is 316 g/mol. The monoisotopic (exact) mass is 337 g/mol. The SMILES string of the molecule is CC(C)n1nnc2cnc(-[n+]3nn(C(C)(C)C)c4cccnc43)cc21. The van der Waals surface area contributed by atoms with E-state index in [4.69, 9.17) is 5.21 Å². The average Bonchev–Trinajstić information content (AvgIpc) is 3.15. The molecule has 128 valence electrons. The fourth-order valence-electron chi connectivity index (χ4n) is 2.88. The smallest absolute Gasteiger partial charge is 0.242 e. The van der Waals surface area contributed by atoms with Crippen molar-refractivity contribution in [3.63, 3.8) is 0 Å². The van der Waals surface area contributed by atoms with Gasteiger partial charge in [0.05, 0.1) is 17.3 Å². The summed E-state index contributed by atoms with van der Waals surface area (Å²) >= 11 is 0. The Morgan fingerprint density at radius 2 is 1.92 bits per heavy atom. The van der Waals surface area contributed by atoms with Crippen LogP contribution in [0.5, 0.6) is 0 Å². The predicted octanol–water partition coefficient (Wildman–Crippen LogP) is 2.18. The van der Waals surface area contributed by atoms with Crippen molar-refractivity contribution in [3.05, 3.63) is 30.6 Å². The number of hydrogen-bond acceptors (Lipinski definition) is 5. The van der Waals surface area contributed by atoms with E-state index in [9.17, 15) is 0 Å². The molecule has 4 heterocycles. The molecule has 25 heavy (non-hydrogen) atoms. The summed E-state index contributed by atoms with van der Waals surface area (Å²) in [6.45, 7) is 10.5. The highest BCUT2D eigenvalue weighted by Gasteiger charge is 2.27. The molecule has 8 heteroatoms. The third-order valence-electron chi connectivity index (χ3n) is 4.06. The van der Waals surface area contributed by atoms with Gasteiger partial charge in [-0.1, -0.05) is 9.90 Å². The first-order chi connectivity index (χ1) is 11.9. The van der Waals surface area contributed by atoms with Gasteiger partial charge in [0, 0.05) is 17.3 Å². The van der Waals surface area contributed by atoms with Crippen molar-refractivity contribution in [2.45, 2.75) is 46.2 Å². The maximum absolute atomic E-state index is 4.75. The van der Waals surface area contributed by atoms with Crippen molar-refractivity contribution in [2.24, 2.45) is 0 Å². The number of hydrogen-bond donors (Lipinski definition) is 0. The fraction of sp³-hybridized carbons (Fsp3) is 0.412. The lowest BCUT2D eigenvalue weighted by molar-refractivity contribution is -0.643. The van der Waals surface area contributed by atoms with E-state index in [0.29, 0.717) is 5.82 Å². The van der Waals surface area contributed by atoms with Gasteiger partial charge in [-0.3, -0.25) is 0 Å². The summed E-state index contributed by atoms with van der Waals surface area (Å²) in [5.74, 6) is 0.698. The van der Waals surface area contributed by atoms with Gasteiger partial charge in [-0.15, -0.1) is 15.1 Å². The predicted molar refractivity (Wildman–Crippen MR) is 93.3 cm³/mol. The lowest BCUT2D eigenvalue weighted by Crippen LogP contribution is -2.38. The van der Waals surface area contributed by atoms with Crippen LogP contribution in [0.3, 0.4) is 0 Å². The number of pyridine rings is 2. The Balaban J connectivity index is 1.99. The van der Waals surface area contributed by atoms with Gasteiger partial charge in [0.15, 0.2) is 5.52 Å². The third kappa shape index (κ3) is 2.45. The van der Waals surface area contributed by atoms with Crippen LogP contribution in [0.4, 0.5) is 0 Å². The zero-order chi connectivity index (χ0) is 17.8. The zero-order valence-corrected chi connectivity index (χ0v) is 15.0. The van der Waals surface area contributed by atoms with Gasteiger partial charge in [-0.2, -0.15) is 4.68 Å². The van der Waals surface area contributed by atoms with E-state index < -0.39 is 0 Å². The molecular formula is C17H21N8+. The third-order valence-corrected chi connectivity index (χ3v) is 4.06. The maximum Gasteiger partial charge on any atom is 0.293 e. The molecule has 0 aromatic carbocycles. The number of fused-ring (bicyclic) bond motifs is 2. The highest BCUT2D eigenvalue weighted by atomic mass is 15.5. The summed E-state index contributed by atoms with van der Waals surface area (Å²) in [6, 6.07) is 6.12. The van der Waals surface area contributed by atoms with Crippen LogP contribution in [0.25, 0.3) is 28.0 Å². The van der Waals surface area contributed by atoms with Gasteiger partial charge in [0.1, 0.15) is 11.7 Å². The quantitative estimate of drug-likeness (QED) is 0.524. The molecule has 0 saturated carbocycles. The topological polar surface area (TPSA) is 78.2 Å². The molecule has 0 radical (unpaired) electrons. The zero-order valence-electron chi connectivity index (χ0n) is 15.0.